The number of likely N-dealkylation sites (tertiary alicyclic amines) is 1. The van der Waals surface area contributed by atoms with Gasteiger partial charge in [-0.2, -0.15) is 0 Å². The van der Waals surface area contributed by atoms with Crippen molar-refractivity contribution in [2.24, 2.45) is 11.8 Å². The van der Waals surface area contributed by atoms with Gasteiger partial charge in [0, 0.05) is 31.9 Å². The van der Waals surface area contributed by atoms with Crippen molar-refractivity contribution >= 4 is 11.0 Å². The van der Waals surface area contributed by atoms with Crippen molar-refractivity contribution in [3.05, 3.63) is 56.9 Å². The molecule has 0 radical (unpaired) electrons. The summed E-state index contributed by atoms with van der Waals surface area (Å²) in [7, 11) is 0. The van der Waals surface area contributed by atoms with E-state index in [9.17, 15) is 9.59 Å². The van der Waals surface area contributed by atoms with E-state index >= 15 is 0 Å². The Labute approximate surface area is 168 Å². The van der Waals surface area contributed by atoms with Gasteiger partial charge in [0.2, 0.25) is 0 Å². The monoisotopic (exact) mass is 394 g/mol. The molecule has 1 saturated carbocycles. The second kappa shape index (κ2) is 7.63. The molecule has 1 N–H and O–H groups in total. The number of aromatic nitrogens is 3. The van der Waals surface area contributed by atoms with Crippen molar-refractivity contribution < 1.29 is 4.52 Å². The Kier molecular flexibility index (Phi) is 4.83. The highest BCUT2D eigenvalue weighted by Crippen LogP contribution is 2.29. The summed E-state index contributed by atoms with van der Waals surface area (Å²) in [6.45, 7) is 3.61. The summed E-state index contributed by atoms with van der Waals surface area (Å²) in [5.41, 5.74) is 0.911. The molecular formula is C22H26N4O3. The van der Waals surface area contributed by atoms with Gasteiger partial charge in [-0.3, -0.25) is 9.78 Å². The normalized spacial score (nSPS) is 18.9. The molecule has 1 aromatic carbocycles. The molecular weight excluding hydrogens is 368 g/mol. The zero-order valence-corrected chi connectivity index (χ0v) is 16.5. The predicted molar refractivity (Wildman–Crippen MR) is 110 cm³/mol. The lowest BCUT2D eigenvalue weighted by atomic mass is 9.86. The maximum atomic E-state index is 12.1. The molecule has 3 aromatic rings. The van der Waals surface area contributed by atoms with Crippen LogP contribution in [0.1, 0.15) is 37.7 Å². The van der Waals surface area contributed by atoms with E-state index in [1.54, 1.807) is 0 Å². The van der Waals surface area contributed by atoms with Crippen LogP contribution in [0, 0.1) is 11.8 Å². The Morgan fingerprint density at radius 2 is 1.90 bits per heavy atom. The summed E-state index contributed by atoms with van der Waals surface area (Å²) in [6.07, 6.45) is 9.47. The molecule has 5 rings (SSSR count). The van der Waals surface area contributed by atoms with E-state index in [0.29, 0.717) is 17.3 Å². The molecule has 0 atom stereocenters. The molecule has 1 aliphatic carbocycles. The summed E-state index contributed by atoms with van der Waals surface area (Å²) >= 11 is 0. The molecule has 2 aliphatic rings. The molecule has 2 fully saturated rings. The zero-order valence-electron chi connectivity index (χ0n) is 16.5. The first kappa shape index (κ1) is 18.4. The van der Waals surface area contributed by atoms with E-state index in [2.05, 4.69) is 27.2 Å². The molecule has 0 unspecified atom stereocenters. The van der Waals surface area contributed by atoms with Crippen molar-refractivity contribution in [3.63, 3.8) is 0 Å². The summed E-state index contributed by atoms with van der Waals surface area (Å²) < 4.78 is 6.69. The zero-order chi connectivity index (χ0) is 19.8. The van der Waals surface area contributed by atoms with Crippen molar-refractivity contribution in [3.8, 4) is 5.82 Å². The van der Waals surface area contributed by atoms with E-state index < -0.39 is 11.2 Å². The number of rotatable bonds is 5. The molecule has 0 spiro atoms. The number of nitrogens with one attached hydrogen (secondary N) is 1. The Hall–Kier alpha value is -2.67. The van der Waals surface area contributed by atoms with Gasteiger partial charge in [0.05, 0.1) is 5.39 Å². The highest BCUT2D eigenvalue weighted by molar-refractivity contribution is 5.84. The molecule has 0 bridgehead atoms. The van der Waals surface area contributed by atoms with Crippen LogP contribution >= 0.6 is 0 Å². The van der Waals surface area contributed by atoms with Crippen LogP contribution in [0.25, 0.3) is 16.8 Å². The van der Waals surface area contributed by atoms with Gasteiger partial charge >= 0.3 is 5.69 Å². The second-order valence-electron chi connectivity index (χ2n) is 8.61. The van der Waals surface area contributed by atoms with Crippen LogP contribution < -0.4 is 11.2 Å². The van der Waals surface area contributed by atoms with Crippen LogP contribution in [-0.2, 0) is 6.42 Å². The molecule has 152 valence electrons. The van der Waals surface area contributed by atoms with Crippen molar-refractivity contribution in [2.45, 2.75) is 38.5 Å². The lowest BCUT2D eigenvalue weighted by molar-refractivity contribution is 0.0733. The van der Waals surface area contributed by atoms with Gasteiger partial charge < -0.3 is 9.42 Å². The smallest absolute Gasteiger partial charge is 0.334 e. The Morgan fingerprint density at radius 1 is 1.07 bits per heavy atom. The molecule has 1 aliphatic heterocycles. The van der Waals surface area contributed by atoms with Crippen LogP contribution in [-0.4, -0.2) is 39.2 Å². The van der Waals surface area contributed by atoms with E-state index in [1.807, 2.05) is 6.07 Å². The van der Waals surface area contributed by atoms with Gasteiger partial charge in [0.1, 0.15) is 0 Å². The minimum atomic E-state index is -0.518. The average Bonchev–Trinajstić information content (AvgIpc) is 3.10. The number of nitrogens with zero attached hydrogens (tertiary/aromatic N) is 3. The summed E-state index contributed by atoms with van der Waals surface area (Å²) in [5.74, 6) is 1.99. The third-order valence-electron chi connectivity index (χ3n) is 6.37. The lowest BCUT2D eigenvalue weighted by Gasteiger charge is -2.42. The molecule has 7 nitrogen and oxygen atoms in total. The third-order valence-corrected chi connectivity index (χ3v) is 6.37. The van der Waals surface area contributed by atoms with E-state index in [1.165, 1.54) is 74.1 Å². The second-order valence-corrected chi connectivity index (χ2v) is 8.61. The van der Waals surface area contributed by atoms with E-state index in [4.69, 9.17) is 4.52 Å². The third kappa shape index (κ3) is 3.79. The molecule has 3 heterocycles. The van der Waals surface area contributed by atoms with E-state index in [0.717, 1.165) is 17.7 Å². The van der Waals surface area contributed by atoms with Crippen LogP contribution in [0.2, 0.25) is 0 Å². The SMILES string of the molecule is O=c1ccn(-c2noc3ccc(CC4CN(CC5CCCCC5)C4)cc23)c(=O)[nH]1. The number of fused-ring (bicyclic) bond motifs is 1. The van der Waals surface area contributed by atoms with Crippen LogP contribution in [0.3, 0.4) is 0 Å². The minimum Gasteiger partial charge on any atom is -0.354 e. The van der Waals surface area contributed by atoms with Crippen LogP contribution in [0.15, 0.2) is 44.6 Å². The van der Waals surface area contributed by atoms with Gasteiger partial charge in [-0.05, 0) is 48.8 Å². The number of H-pyrrole nitrogens is 1. The summed E-state index contributed by atoms with van der Waals surface area (Å²) in [6, 6.07) is 7.36. The number of benzene rings is 1. The van der Waals surface area contributed by atoms with Crippen molar-refractivity contribution in [2.75, 3.05) is 19.6 Å². The summed E-state index contributed by atoms with van der Waals surface area (Å²) in [4.78, 5) is 28.3. The Morgan fingerprint density at radius 3 is 2.69 bits per heavy atom. The summed E-state index contributed by atoms with van der Waals surface area (Å²) in [5, 5.41) is 4.83. The Balaban J connectivity index is 1.28. The molecule has 29 heavy (non-hydrogen) atoms. The number of hydrogen-bond acceptors (Lipinski definition) is 5. The van der Waals surface area contributed by atoms with Crippen molar-refractivity contribution in [1.82, 2.24) is 19.6 Å². The lowest BCUT2D eigenvalue weighted by Crippen LogP contribution is -2.49. The number of aromatic amines is 1. The highest BCUT2D eigenvalue weighted by atomic mass is 16.5. The minimum absolute atomic E-state index is 0.413. The maximum Gasteiger partial charge on any atom is 0.334 e. The molecule has 7 heteroatoms. The first-order valence-corrected chi connectivity index (χ1v) is 10.6. The fourth-order valence-electron chi connectivity index (χ4n) is 4.88. The molecule has 0 amide bonds. The van der Waals surface area contributed by atoms with Crippen LogP contribution in [0.5, 0.6) is 0 Å². The molecule has 2 aromatic heterocycles. The molecule has 1 saturated heterocycles. The quantitative estimate of drug-likeness (QED) is 0.719. The highest BCUT2D eigenvalue weighted by Gasteiger charge is 2.29. The fourth-order valence-corrected chi connectivity index (χ4v) is 4.88. The topological polar surface area (TPSA) is 84.1 Å². The van der Waals surface area contributed by atoms with Crippen LogP contribution in [0.4, 0.5) is 0 Å². The van der Waals surface area contributed by atoms with Gasteiger partial charge in [0.15, 0.2) is 11.4 Å². The standard InChI is InChI=1S/C22H26N4O3/c27-20-8-9-26(22(28)23-20)21-18-11-16(6-7-19(18)29-24-21)10-17-13-25(14-17)12-15-4-2-1-3-5-15/h6-9,11,15,17H,1-5,10,12-14H2,(H,23,27,28). The van der Waals surface area contributed by atoms with Gasteiger partial charge in [0.25, 0.3) is 5.56 Å². The van der Waals surface area contributed by atoms with Crippen molar-refractivity contribution in [1.29, 1.82) is 0 Å². The maximum absolute atomic E-state index is 12.1. The largest absolute Gasteiger partial charge is 0.354 e. The van der Waals surface area contributed by atoms with Gasteiger partial charge in [-0.25, -0.2) is 9.36 Å². The van der Waals surface area contributed by atoms with E-state index in [-0.39, 0.29) is 0 Å². The van der Waals surface area contributed by atoms with Gasteiger partial charge in [-0.1, -0.05) is 30.5 Å². The first-order chi connectivity index (χ1) is 14.2. The fraction of sp³-hybridized carbons (Fsp3) is 0.500. The predicted octanol–water partition coefficient (Wildman–Crippen LogP) is 2.72. The first-order valence-electron chi connectivity index (χ1n) is 10.6. The Bertz CT molecular complexity index is 1120. The van der Waals surface area contributed by atoms with Gasteiger partial charge in [-0.15, -0.1) is 0 Å². The average molecular weight is 394 g/mol. The number of hydrogen-bond donors (Lipinski definition) is 1.